The van der Waals surface area contributed by atoms with Gasteiger partial charge >= 0.3 is 0 Å². The summed E-state index contributed by atoms with van der Waals surface area (Å²) in [5.74, 6) is 1.89. The van der Waals surface area contributed by atoms with Gasteiger partial charge in [0.15, 0.2) is 0 Å². The molecule has 0 radical (unpaired) electrons. The predicted octanol–water partition coefficient (Wildman–Crippen LogP) is 3.07. The Morgan fingerprint density at radius 3 is 2.65 bits per heavy atom. The third kappa shape index (κ3) is 4.66. The van der Waals surface area contributed by atoms with E-state index in [1.807, 2.05) is 11.8 Å². The molecule has 1 amide bonds. The van der Waals surface area contributed by atoms with Crippen LogP contribution in [0.5, 0.6) is 0 Å². The van der Waals surface area contributed by atoms with Crippen LogP contribution in [-0.2, 0) is 4.79 Å². The molecule has 3 N–H and O–H groups in total. The largest absolute Gasteiger partial charge is 0.351 e. The van der Waals surface area contributed by atoms with Gasteiger partial charge in [0.2, 0.25) is 5.91 Å². The van der Waals surface area contributed by atoms with Crippen molar-refractivity contribution in [1.29, 1.82) is 0 Å². The summed E-state index contributed by atoms with van der Waals surface area (Å²) in [4.78, 5) is 12.3. The second-order valence-electron chi connectivity index (χ2n) is 6.39. The molecule has 0 heterocycles. The Morgan fingerprint density at radius 2 is 1.95 bits per heavy atom. The summed E-state index contributed by atoms with van der Waals surface area (Å²) >= 11 is 1.98. The minimum absolute atomic E-state index is 0.0872. The lowest BCUT2D eigenvalue weighted by molar-refractivity contribution is -0.123. The molecule has 20 heavy (non-hydrogen) atoms. The van der Waals surface area contributed by atoms with E-state index in [4.69, 9.17) is 5.73 Å². The van der Waals surface area contributed by atoms with Gasteiger partial charge in [-0.15, -0.1) is 0 Å². The first-order chi connectivity index (χ1) is 9.70. The highest BCUT2D eigenvalue weighted by molar-refractivity contribution is 7.99. The van der Waals surface area contributed by atoms with E-state index in [2.05, 4.69) is 12.2 Å². The van der Waals surface area contributed by atoms with E-state index in [0.29, 0.717) is 17.2 Å². The standard InChI is InChI=1S/C16H30N2OS/c1-2-20-15-10-6-9-14(15)18-16(19)13(17)11-12-7-4-3-5-8-12/h12-15H,2-11,17H2,1H3,(H,18,19). The van der Waals surface area contributed by atoms with Crippen molar-refractivity contribution in [2.75, 3.05) is 5.75 Å². The Hall–Kier alpha value is -0.220. The van der Waals surface area contributed by atoms with Crippen molar-refractivity contribution in [2.45, 2.75) is 82.0 Å². The quantitative estimate of drug-likeness (QED) is 0.792. The Morgan fingerprint density at radius 1 is 1.20 bits per heavy atom. The normalized spacial score (nSPS) is 29.3. The highest BCUT2D eigenvalue weighted by Crippen LogP contribution is 2.30. The molecular formula is C16H30N2OS. The van der Waals surface area contributed by atoms with Gasteiger partial charge in [-0.2, -0.15) is 11.8 Å². The van der Waals surface area contributed by atoms with Gasteiger partial charge in [0.05, 0.1) is 6.04 Å². The number of thioether (sulfide) groups is 1. The molecule has 116 valence electrons. The number of amides is 1. The van der Waals surface area contributed by atoms with Gasteiger partial charge in [-0.3, -0.25) is 4.79 Å². The summed E-state index contributed by atoms with van der Waals surface area (Å²) in [7, 11) is 0. The second-order valence-corrected chi connectivity index (χ2v) is 7.90. The van der Waals surface area contributed by atoms with Crippen LogP contribution in [0.2, 0.25) is 0 Å². The number of nitrogens with one attached hydrogen (secondary N) is 1. The lowest BCUT2D eigenvalue weighted by Crippen LogP contribution is -2.48. The predicted molar refractivity (Wildman–Crippen MR) is 86.9 cm³/mol. The molecule has 2 aliphatic rings. The zero-order valence-electron chi connectivity index (χ0n) is 12.8. The minimum atomic E-state index is -0.300. The van der Waals surface area contributed by atoms with E-state index in [-0.39, 0.29) is 11.9 Å². The molecule has 0 spiro atoms. The average molecular weight is 298 g/mol. The van der Waals surface area contributed by atoms with Crippen LogP contribution < -0.4 is 11.1 Å². The fourth-order valence-corrected chi connectivity index (χ4v) is 4.88. The molecule has 2 rings (SSSR count). The first-order valence-corrected chi connectivity index (χ1v) is 9.43. The maximum Gasteiger partial charge on any atom is 0.237 e. The maximum atomic E-state index is 12.3. The molecule has 4 heteroatoms. The highest BCUT2D eigenvalue weighted by atomic mass is 32.2. The number of hydrogen-bond acceptors (Lipinski definition) is 3. The molecular weight excluding hydrogens is 268 g/mol. The van der Waals surface area contributed by atoms with E-state index in [1.165, 1.54) is 44.9 Å². The van der Waals surface area contributed by atoms with E-state index >= 15 is 0 Å². The summed E-state index contributed by atoms with van der Waals surface area (Å²) in [5.41, 5.74) is 6.13. The number of carbonyl (C=O) groups excluding carboxylic acids is 1. The van der Waals surface area contributed by atoms with Gasteiger partial charge in [0, 0.05) is 11.3 Å². The van der Waals surface area contributed by atoms with E-state index in [0.717, 1.165) is 18.6 Å². The first kappa shape index (κ1) is 16.2. The molecule has 0 aromatic rings. The summed E-state index contributed by atoms with van der Waals surface area (Å²) in [6.45, 7) is 2.19. The molecule has 2 fully saturated rings. The topological polar surface area (TPSA) is 55.1 Å². The van der Waals surface area contributed by atoms with E-state index < -0.39 is 0 Å². The monoisotopic (exact) mass is 298 g/mol. The minimum Gasteiger partial charge on any atom is -0.351 e. The Bertz CT molecular complexity index is 305. The smallest absolute Gasteiger partial charge is 0.237 e. The summed E-state index contributed by atoms with van der Waals surface area (Å²) < 4.78 is 0. The van der Waals surface area contributed by atoms with E-state index in [9.17, 15) is 4.79 Å². The fraction of sp³-hybridized carbons (Fsp3) is 0.938. The zero-order chi connectivity index (χ0) is 14.4. The molecule has 0 aromatic heterocycles. The first-order valence-electron chi connectivity index (χ1n) is 8.38. The molecule has 2 aliphatic carbocycles. The Labute approximate surface area is 127 Å². The highest BCUT2D eigenvalue weighted by Gasteiger charge is 2.30. The van der Waals surface area contributed by atoms with Gasteiger partial charge in [-0.05, 0) is 30.9 Å². The zero-order valence-corrected chi connectivity index (χ0v) is 13.6. The molecule has 0 bridgehead atoms. The van der Waals surface area contributed by atoms with Crippen LogP contribution in [0, 0.1) is 5.92 Å². The second kappa shape index (κ2) is 8.28. The van der Waals surface area contributed by atoms with Crippen LogP contribution in [0.25, 0.3) is 0 Å². The molecule has 2 saturated carbocycles. The maximum absolute atomic E-state index is 12.3. The molecule has 3 nitrogen and oxygen atoms in total. The molecule has 3 atom stereocenters. The van der Waals surface area contributed by atoms with Crippen molar-refractivity contribution >= 4 is 17.7 Å². The van der Waals surface area contributed by atoms with Gasteiger partial charge in [0.1, 0.15) is 0 Å². The van der Waals surface area contributed by atoms with Crippen LogP contribution in [0.3, 0.4) is 0 Å². The number of hydrogen-bond donors (Lipinski definition) is 2. The van der Waals surface area contributed by atoms with Gasteiger partial charge in [-0.1, -0.05) is 45.4 Å². The summed E-state index contributed by atoms with van der Waals surface area (Å²) in [6, 6.07) is 0.0517. The van der Waals surface area contributed by atoms with Crippen molar-refractivity contribution < 1.29 is 4.79 Å². The lowest BCUT2D eigenvalue weighted by Gasteiger charge is -2.26. The van der Waals surface area contributed by atoms with Crippen LogP contribution in [0.15, 0.2) is 0 Å². The average Bonchev–Trinajstić information content (AvgIpc) is 2.87. The molecule has 3 unspecified atom stereocenters. The number of rotatable bonds is 6. The van der Waals surface area contributed by atoms with Gasteiger partial charge < -0.3 is 11.1 Å². The van der Waals surface area contributed by atoms with Crippen molar-refractivity contribution in [3.05, 3.63) is 0 Å². The van der Waals surface area contributed by atoms with Crippen molar-refractivity contribution in [2.24, 2.45) is 11.7 Å². The van der Waals surface area contributed by atoms with Crippen molar-refractivity contribution in [3.8, 4) is 0 Å². The molecule has 0 saturated heterocycles. The van der Waals surface area contributed by atoms with E-state index in [1.54, 1.807) is 0 Å². The number of carbonyl (C=O) groups is 1. The third-order valence-corrected chi connectivity index (χ3v) is 6.14. The van der Waals surface area contributed by atoms with Crippen LogP contribution in [0.1, 0.15) is 64.7 Å². The fourth-order valence-electron chi connectivity index (χ4n) is 3.68. The SMILES string of the molecule is CCSC1CCCC1NC(=O)C(N)CC1CCCCC1. The molecule has 0 aromatic carbocycles. The summed E-state index contributed by atoms with van der Waals surface area (Å²) in [5, 5.41) is 3.82. The van der Waals surface area contributed by atoms with Gasteiger partial charge in [-0.25, -0.2) is 0 Å². The van der Waals surface area contributed by atoms with Crippen LogP contribution in [-0.4, -0.2) is 29.0 Å². The summed E-state index contributed by atoms with van der Waals surface area (Å²) in [6.07, 6.45) is 11.0. The van der Waals surface area contributed by atoms with Crippen molar-refractivity contribution in [3.63, 3.8) is 0 Å². The van der Waals surface area contributed by atoms with Gasteiger partial charge in [0.25, 0.3) is 0 Å². The van der Waals surface area contributed by atoms with Crippen molar-refractivity contribution in [1.82, 2.24) is 5.32 Å². The van der Waals surface area contributed by atoms with Crippen LogP contribution >= 0.6 is 11.8 Å². The Balaban J connectivity index is 1.75. The Kier molecular flexibility index (Phi) is 6.69. The van der Waals surface area contributed by atoms with Crippen LogP contribution in [0.4, 0.5) is 0 Å². The molecule has 0 aliphatic heterocycles. The number of nitrogens with two attached hydrogens (primary N) is 1. The lowest BCUT2D eigenvalue weighted by atomic mass is 9.85. The third-order valence-electron chi connectivity index (χ3n) is 4.81.